The maximum Gasteiger partial charge on any atom is 0.253 e. The summed E-state index contributed by atoms with van der Waals surface area (Å²) in [4.78, 5) is 8.29. The van der Waals surface area contributed by atoms with Gasteiger partial charge < -0.3 is 14.7 Å². The molecule has 0 spiro atoms. The second-order valence-corrected chi connectivity index (χ2v) is 29.3. The zero-order valence-corrected chi connectivity index (χ0v) is 51.0. The topological polar surface area (TPSA) is 9.72 Å². The first-order valence-corrected chi connectivity index (χ1v) is 33.0. The molecule has 19 rings (SSSR count). The van der Waals surface area contributed by atoms with Crippen molar-refractivity contribution in [1.82, 2.24) is 0 Å². The van der Waals surface area contributed by atoms with Gasteiger partial charge in [-0.15, -0.1) is 0 Å². The highest BCUT2D eigenvalue weighted by atomic mass is 15.3. The smallest absolute Gasteiger partial charge is 0.253 e. The van der Waals surface area contributed by atoms with Gasteiger partial charge in [0.05, 0.1) is 11.0 Å². The van der Waals surface area contributed by atoms with Crippen molar-refractivity contribution in [1.29, 1.82) is 0 Å². The molecule has 8 atom stereocenters. The van der Waals surface area contributed by atoms with E-state index in [1.807, 2.05) is 0 Å². The zero-order chi connectivity index (χ0) is 57.9. The fraction of sp³-hybridized carbons (Fsp3) is 0.277. The molecule has 4 aliphatic heterocycles. The molecule has 0 saturated heterocycles. The van der Waals surface area contributed by atoms with Gasteiger partial charge in [-0.1, -0.05) is 210 Å². The molecule has 8 unspecified atom stereocenters. The molecule has 0 amide bonds. The van der Waals surface area contributed by atoms with Gasteiger partial charge in [0.2, 0.25) is 0 Å². The zero-order valence-electron chi connectivity index (χ0n) is 51.0. The van der Waals surface area contributed by atoms with Crippen LogP contribution in [0.2, 0.25) is 0 Å². The van der Waals surface area contributed by atoms with E-state index in [0.29, 0.717) is 5.92 Å². The maximum atomic E-state index is 2.85. The third-order valence-corrected chi connectivity index (χ3v) is 24.5. The number of benzene rings is 9. The Balaban J connectivity index is 0.893. The first kappa shape index (κ1) is 50.8. The molecule has 0 radical (unpaired) electrons. The third kappa shape index (κ3) is 6.75. The minimum atomic E-state index is -0.620. The van der Waals surface area contributed by atoms with Crippen LogP contribution < -0.4 is 31.1 Å². The fourth-order valence-corrected chi connectivity index (χ4v) is 20.4. The van der Waals surface area contributed by atoms with Crippen molar-refractivity contribution in [2.24, 2.45) is 23.7 Å². The van der Waals surface area contributed by atoms with Gasteiger partial charge in [-0.3, -0.25) is 0 Å². The lowest BCUT2D eigenvalue weighted by Crippen LogP contribution is -2.68. The average Bonchev–Trinajstić information content (AvgIpc) is 0.741. The van der Waals surface area contributed by atoms with Crippen LogP contribution in [0.4, 0.5) is 45.5 Å². The van der Waals surface area contributed by atoms with Crippen molar-refractivity contribution >= 4 is 68.6 Å². The van der Waals surface area contributed by atoms with Crippen molar-refractivity contribution in [2.75, 3.05) is 14.7 Å². The number of rotatable bonds is 8. The summed E-state index contributed by atoms with van der Waals surface area (Å²) >= 11 is 0. The molecule has 3 nitrogen and oxygen atoms in total. The Morgan fingerprint density at radius 1 is 0.448 bits per heavy atom. The number of hydrogen-bond acceptors (Lipinski definition) is 3. The monoisotopic (exact) mass is 1120 g/mol. The minimum absolute atomic E-state index is 0.0318. The SMILES string of the molecule is CC1C=C2CC2=CC(C)(c2ccc(N3c4cc(N5c6ccc(-c7ccccc7)cc6C6(C)CCCCC56C)cc5c4B4c6c3cccc6C(c3ccccc3)(c3ccccc3)c3cccc(c34)N5c3ccc(C4(C)C=C5CC6CC(C4)C56)cc3)cc2)C1. The Hall–Kier alpha value is -8.34. The van der Waals surface area contributed by atoms with E-state index in [9.17, 15) is 0 Å². The van der Waals surface area contributed by atoms with Crippen LogP contribution in [-0.4, -0.2) is 12.3 Å². The quantitative estimate of drug-likeness (QED) is 0.111. The van der Waals surface area contributed by atoms with E-state index in [0.717, 1.165) is 43.4 Å². The number of anilines is 8. The maximum absolute atomic E-state index is 2.85. The van der Waals surface area contributed by atoms with Gasteiger partial charge in [0, 0.05) is 61.7 Å². The molecule has 0 N–H and O–H groups in total. The molecule has 4 fully saturated rings. The highest BCUT2D eigenvalue weighted by molar-refractivity contribution is 7.01. The average molecular weight is 1120 g/mol. The van der Waals surface area contributed by atoms with E-state index in [4.69, 9.17) is 0 Å². The van der Waals surface area contributed by atoms with Gasteiger partial charge in [0.15, 0.2) is 0 Å². The Morgan fingerprint density at radius 2 is 1.03 bits per heavy atom. The summed E-state index contributed by atoms with van der Waals surface area (Å²) < 4.78 is 0. The Morgan fingerprint density at radius 3 is 1.63 bits per heavy atom. The summed E-state index contributed by atoms with van der Waals surface area (Å²) in [5.74, 6) is 3.16. The molecule has 4 heteroatoms. The molecule has 9 aromatic rings. The second kappa shape index (κ2) is 17.7. The molecule has 4 heterocycles. The van der Waals surface area contributed by atoms with Gasteiger partial charge in [-0.05, 0) is 214 Å². The first-order valence-electron chi connectivity index (χ1n) is 33.0. The van der Waals surface area contributed by atoms with Gasteiger partial charge in [-0.25, -0.2) is 0 Å². The highest BCUT2D eigenvalue weighted by Crippen LogP contribution is 2.66. The lowest BCUT2D eigenvalue weighted by Gasteiger charge is -2.60. The van der Waals surface area contributed by atoms with E-state index >= 15 is 0 Å². The Kier molecular flexibility index (Phi) is 10.3. The predicted octanol–water partition coefficient (Wildman–Crippen LogP) is 18.7. The summed E-state index contributed by atoms with van der Waals surface area (Å²) in [7, 11) is 0. The molecular weight excluding hydrogens is 1050 g/mol. The highest BCUT2D eigenvalue weighted by Gasteiger charge is 2.60. The minimum Gasteiger partial charge on any atom is -0.334 e. The van der Waals surface area contributed by atoms with Crippen molar-refractivity contribution in [2.45, 2.75) is 120 Å². The molecule has 0 bridgehead atoms. The van der Waals surface area contributed by atoms with Crippen LogP contribution in [-0.2, 0) is 21.7 Å². The van der Waals surface area contributed by atoms with Gasteiger partial charge in [-0.2, -0.15) is 0 Å². The first-order chi connectivity index (χ1) is 42.4. The summed E-state index contributed by atoms with van der Waals surface area (Å²) in [6, 6.07) is 81.5. The van der Waals surface area contributed by atoms with Crippen LogP contribution in [0.5, 0.6) is 0 Å². The predicted molar refractivity (Wildman–Crippen MR) is 362 cm³/mol. The lowest BCUT2D eigenvalue weighted by atomic mass is 9.28. The standard InChI is InChI=1S/C83H74BN3/c1-52-41-55-42-57(55)49-79(2,48-52)60-30-34-64(35-31-60)85-71-27-17-25-67-76(71)84-77-68(83(67,62-21-11-7-12-22-62)63-23-13-8-14-24-63)26-18-28-72(77)86(65-36-32-61(33-37-65)80(3)50-58-43-56-44-59(51-80)75(56)58)74-47-66(46-73(85)78(74)84)87-70-38-29-54(53-19-9-6-10-20-53)45-69(70)81(4)39-15-16-40-82(81,87)5/h6-14,17-38,41,45-47,49-50,52,56,59,75H,15-16,39-40,42-44,48,51H2,1-5H3. The summed E-state index contributed by atoms with van der Waals surface area (Å²) in [6.45, 7) is 12.6. The molecule has 4 saturated carbocycles. The Labute approximate surface area is 514 Å². The molecule has 6 aliphatic carbocycles. The van der Waals surface area contributed by atoms with Crippen molar-refractivity contribution < 1.29 is 0 Å². The molecule has 10 aliphatic rings. The summed E-state index contributed by atoms with van der Waals surface area (Å²) in [5.41, 5.74) is 30.4. The van der Waals surface area contributed by atoms with Crippen LogP contribution >= 0.6 is 0 Å². The van der Waals surface area contributed by atoms with Crippen LogP contribution in [0, 0.1) is 23.7 Å². The largest absolute Gasteiger partial charge is 0.334 e. The normalized spacial score (nSPS) is 28.3. The number of nitrogens with zero attached hydrogens (tertiary/aromatic N) is 3. The third-order valence-electron chi connectivity index (χ3n) is 24.5. The number of fused-ring (bicyclic) bond motifs is 4. The summed E-state index contributed by atoms with van der Waals surface area (Å²) in [5, 5.41) is 0. The van der Waals surface area contributed by atoms with Crippen molar-refractivity contribution in [3.63, 3.8) is 0 Å². The van der Waals surface area contributed by atoms with Crippen LogP contribution in [0.25, 0.3) is 11.1 Å². The summed E-state index contributed by atoms with van der Waals surface area (Å²) in [6.07, 6.45) is 18.8. The van der Waals surface area contributed by atoms with Gasteiger partial charge >= 0.3 is 0 Å². The fourth-order valence-electron chi connectivity index (χ4n) is 20.4. The van der Waals surface area contributed by atoms with E-state index in [-0.39, 0.29) is 28.5 Å². The molecule has 9 aromatic carbocycles. The van der Waals surface area contributed by atoms with Crippen molar-refractivity contribution in [3.8, 4) is 11.1 Å². The number of hydrogen-bond donors (Lipinski definition) is 0. The van der Waals surface area contributed by atoms with Crippen LogP contribution in [0.1, 0.15) is 131 Å². The molecule has 0 aromatic heterocycles. The second-order valence-electron chi connectivity index (χ2n) is 29.3. The molecule has 87 heavy (non-hydrogen) atoms. The molecular formula is C83H74BN3. The molecule has 424 valence electrons. The van der Waals surface area contributed by atoms with E-state index < -0.39 is 5.41 Å². The van der Waals surface area contributed by atoms with Crippen molar-refractivity contribution in [3.05, 3.63) is 280 Å². The van der Waals surface area contributed by atoms with E-state index in [1.165, 1.54) is 150 Å². The Bertz CT molecular complexity index is 4460. The van der Waals surface area contributed by atoms with Gasteiger partial charge in [0.1, 0.15) is 0 Å². The van der Waals surface area contributed by atoms with E-state index in [1.54, 1.807) is 11.1 Å². The van der Waals surface area contributed by atoms with Gasteiger partial charge in [0.25, 0.3) is 6.71 Å². The van der Waals surface area contributed by atoms with Crippen LogP contribution in [0.3, 0.4) is 0 Å². The number of allylic oxidation sites excluding steroid dienone is 6. The van der Waals surface area contributed by atoms with E-state index in [2.05, 4.69) is 274 Å². The van der Waals surface area contributed by atoms with Crippen LogP contribution in [0.15, 0.2) is 241 Å². The lowest BCUT2D eigenvalue weighted by molar-refractivity contribution is 0.00736.